The lowest BCUT2D eigenvalue weighted by molar-refractivity contribution is -0.605. The third-order valence-electron chi connectivity index (χ3n) is 11.6. The number of methoxy groups -OCH3 is 2. The van der Waals surface area contributed by atoms with Crippen LogP contribution in [0.3, 0.4) is 0 Å². The first-order valence-electron chi connectivity index (χ1n) is 19.0. The number of ether oxygens (including phenoxy) is 4. The summed E-state index contributed by atoms with van der Waals surface area (Å²) >= 11 is 12.9. The molecule has 0 unspecified atom stereocenters. The molecule has 5 heterocycles. The highest BCUT2D eigenvalue weighted by Crippen LogP contribution is 2.40. The van der Waals surface area contributed by atoms with E-state index >= 15 is 0 Å². The van der Waals surface area contributed by atoms with Gasteiger partial charge in [-0.1, -0.05) is 71.7 Å². The van der Waals surface area contributed by atoms with Crippen molar-refractivity contribution in [2.75, 3.05) is 53.5 Å². The predicted molar refractivity (Wildman–Crippen MR) is 210 cm³/mol. The zero-order chi connectivity index (χ0) is 38.5. The largest absolute Gasteiger partial charge is 0.619 e. The molecule has 4 fully saturated rings. The van der Waals surface area contributed by atoms with E-state index in [9.17, 15) is 14.8 Å². The molecule has 3 aromatic carbocycles. The Labute approximate surface area is 332 Å². The average molecular weight is 789 g/mol. The molecule has 12 heteroatoms. The Balaban J connectivity index is 1.02. The Morgan fingerprint density at radius 1 is 0.891 bits per heavy atom. The van der Waals surface area contributed by atoms with E-state index in [2.05, 4.69) is 21.9 Å². The van der Waals surface area contributed by atoms with Gasteiger partial charge in [-0.05, 0) is 105 Å². The molecule has 4 saturated heterocycles. The van der Waals surface area contributed by atoms with Crippen LogP contribution in [0.4, 0.5) is 0 Å². The van der Waals surface area contributed by atoms with Crippen molar-refractivity contribution >= 4 is 35.1 Å². The van der Waals surface area contributed by atoms with Crippen molar-refractivity contribution in [3.8, 4) is 11.5 Å². The number of likely N-dealkylation sites (tertiary alicyclic amines) is 1. The lowest BCUT2D eigenvalue weighted by Gasteiger charge is -2.46. The van der Waals surface area contributed by atoms with Crippen LogP contribution in [0.25, 0.3) is 0 Å². The second-order valence-corrected chi connectivity index (χ2v) is 15.6. The van der Waals surface area contributed by atoms with E-state index in [4.69, 9.17) is 42.1 Å². The number of carbonyl (C=O) groups is 2. The normalized spacial score (nSPS) is 21.1. The van der Waals surface area contributed by atoms with E-state index in [0.29, 0.717) is 58.1 Å². The Hall–Kier alpha value is -4.35. The van der Waals surface area contributed by atoms with Gasteiger partial charge in [-0.15, -0.1) is 0 Å². The van der Waals surface area contributed by atoms with Gasteiger partial charge in [0.25, 0.3) is 0 Å². The summed E-state index contributed by atoms with van der Waals surface area (Å²) in [5, 5.41) is 12.3. The monoisotopic (exact) mass is 787 g/mol. The Morgan fingerprint density at radius 2 is 1.60 bits per heavy atom. The highest BCUT2D eigenvalue weighted by molar-refractivity contribution is 6.35. The van der Waals surface area contributed by atoms with E-state index in [1.54, 1.807) is 31.4 Å². The van der Waals surface area contributed by atoms with Crippen LogP contribution in [0.1, 0.15) is 64.4 Å². The first kappa shape index (κ1) is 38.9. The molecule has 4 aromatic rings. The van der Waals surface area contributed by atoms with Gasteiger partial charge < -0.3 is 29.1 Å². The molecule has 0 spiro atoms. The van der Waals surface area contributed by atoms with Crippen molar-refractivity contribution in [2.24, 2.45) is 5.92 Å². The predicted octanol–water partition coefficient (Wildman–Crippen LogP) is 7.00. The van der Waals surface area contributed by atoms with Gasteiger partial charge in [0.2, 0.25) is 0 Å². The standard InChI is InChI=1S/C43H47Cl2N3O7/c1-52-37-12-11-31(24-39(37)53-2)38(25-34-35(44)26-48(51)27-36(34)45)54-41(49)32-8-6-7-29(23-32)13-18-46-21-16-43(17-22-46,33-9-4-3-5-10-33)42(50)55-40-28-47-19-14-30(40)15-20-47/h3-12,23-24,26-27,30,38,40H,13-22,25,28H2,1-2H3/t38-,40-/m0/s1. The molecule has 290 valence electrons. The van der Waals surface area contributed by atoms with Crippen molar-refractivity contribution in [3.63, 3.8) is 0 Å². The molecule has 4 aliphatic rings. The minimum Gasteiger partial charge on any atom is -0.619 e. The van der Waals surface area contributed by atoms with Gasteiger partial charge in [0, 0.05) is 25.1 Å². The van der Waals surface area contributed by atoms with Crippen LogP contribution in [0.15, 0.2) is 85.2 Å². The van der Waals surface area contributed by atoms with Gasteiger partial charge in [0.15, 0.2) is 23.9 Å². The zero-order valence-electron chi connectivity index (χ0n) is 31.3. The molecule has 55 heavy (non-hydrogen) atoms. The van der Waals surface area contributed by atoms with E-state index in [0.717, 1.165) is 63.2 Å². The third kappa shape index (κ3) is 8.73. The minimum atomic E-state index is -0.816. The molecule has 0 saturated carbocycles. The van der Waals surface area contributed by atoms with Gasteiger partial charge in [-0.2, -0.15) is 4.73 Å². The van der Waals surface area contributed by atoms with Gasteiger partial charge >= 0.3 is 11.9 Å². The molecule has 0 N–H and O–H groups in total. The van der Waals surface area contributed by atoms with Crippen LogP contribution >= 0.6 is 23.2 Å². The SMILES string of the molecule is COc1ccc([C@H](Cc2c(Cl)c[n+]([O-])cc2Cl)OC(=O)c2cccc(CCN3CCC(C(=O)O[C@H]4CN5CCC4CC5)(c4ccccc4)CC3)c2)cc1OC. The van der Waals surface area contributed by atoms with Crippen molar-refractivity contribution in [2.45, 2.75) is 56.1 Å². The van der Waals surface area contributed by atoms with Crippen LogP contribution < -0.4 is 14.2 Å². The number of halogens is 2. The third-order valence-corrected chi connectivity index (χ3v) is 12.3. The molecule has 0 radical (unpaired) electrons. The van der Waals surface area contributed by atoms with E-state index in [1.807, 2.05) is 36.4 Å². The fraction of sp³-hybridized carbons (Fsp3) is 0.419. The number of piperidine rings is 4. The minimum absolute atomic E-state index is 0.0260. The summed E-state index contributed by atoms with van der Waals surface area (Å²) in [6.07, 6.45) is 5.99. The molecule has 8 rings (SSSR count). The maximum Gasteiger partial charge on any atom is 0.338 e. The smallest absolute Gasteiger partial charge is 0.338 e. The van der Waals surface area contributed by atoms with Gasteiger partial charge in [-0.3, -0.25) is 9.69 Å². The number of rotatable bonds is 13. The molecule has 10 nitrogen and oxygen atoms in total. The highest BCUT2D eigenvalue weighted by Gasteiger charge is 2.47. The molecular weight excluding hydrogens is 741 g/mol. The fourth-order valence-corrected chi connectivity index (χ4v) is 8.95. The summed E-state index contributed by atoms with van der Waals surface area (Å²) in [6.45, 7) is 5.34. The summed E-state index contributed by atoms with van der Waals surface area (Å²) in [6, 6.07) is 22.9. The Kier molecular flexibility index (Phi) is 12.2. The zero-order valence-corrected chi connectivity index (χ0v) is 32.8. The lowest BCUT2D eigenvalue weighted by atomic mass is 9.72. The van der Waals surface area contributed by atoms with E-state index in [-0.39, 0.29) is 28.5 Å². The van der Waals surface area contributed by atoms with Crippen LogP contribution in [-0.4, -0.2) is 81.3 Å². The quantitative estimate of drug-likeness (QED) is 0.0806. The van der Waals surface area contributed by atoms with Gasteiger partial charge in [0.1, 0.15) is 22.3 Å². The molecule has 4 aliphatic heterocycles. The van der Waals surface area contributed by atoms with Gasteiger partial charge in [-0.25, -0.2) is 4.79 Å². The van der Waals surface area contributed by atoms with Crippen LogP contribution in [0, 0.1) is 11.1 Å². The molecule has 0 aliphatic carbocycles. The first-order chi connectivity index (χ1) is 26.6. The fourth-order valence-electron chi connectivity index (χ4n) is 8.35. The topological polar surface area (TPSA) is 104 Å². The number of aromatic nitrogens is 1. The maximum atomic E-state index is 14.1. The van der Waals surface area contributed by atoms with E-state index < -0.39 is 17.5 Å². The highest BCUT2D eigenvalue weighted by atomic mass is 35.5. The van der Waals surface area contributed by atoms with Crippen molar-refractivity contribution < 1.29 is 33.3 Å². The summed E-state index contributed by atoms with van der Waals surface area (Å²) in [7, 11) is 3.08. The molecular formula is C43H47Cl2N3O7. The van der Waals surface area contributed by atoms with Gasteiger partial charge in [0.05, 0.1) is 25.2 Å². The van der Waals surface area contributed by atoms with Crippen LogP contribution in [-0.2, 0) is 32.5 Å². The summed E-state index contributed by atoms with van der Waals surface area (Å²) < 4.78 is 24.0. The number of pyridine rings is 1. The molecule has 1 aromatic heterocycles. The summed E-state index contributed by atoms with van der Waals surface area (Å²) in [5.41, 5.74) is 2.88. The Morgan fingerprint density at radius 3 is 2.25 bits per heavy atom. The van der Waals surface area contributed by atoms with Crippen molar-refractivity contribution in [1.29, 1.82) is 0 Å². The number of carbonyl (C=O) groups excluding carboxylic acids is 2. The number of hydrogen-bond donors (Lipinski definition) is 0. The Bertz CT molecular complexity index is 1960. The molecule has 2 bridgehead atoms. The number of hydrogen-bond acceptors (Lipinski definition) is 9. The van der Waals surface area contributed by atoms with Crippen molar-refractivity contribution in [1.82, 2.24) is 9.80 Å². The summed E-state index contributed by atoms with van der Waals surface area (Å²) in [4.78, 5) is 32.7. The van der Waals surface area contributed by atoms with E-state index in [1.165, 1.54) is 19.5 Å². The first-order valence-corrected chi connectivity index (χ1v) is 19.7. The maximum absolute atomic E-state index is 14.1. The number of nitrogens with zero attached hydrogens (tertiary/aromatic N) is 3. The second-order valence-electron chi connectivity index (χ2n) is 14.8. The van der Waals surface area contributed by atoms with Crippen molar-refractivity contribution in [3.05, 3.63) is 128 Å². The second kappa shape index (κ2) is 17.2. The number of benzene rings is 3. The van der Waals surface area contributed by atoms with Crippen LogP contribution in [0.2, 0.25) is 10.0 Å². The van der Waals surface area contributed by atoms with Crippen LogP contribution in [0.5, 0.6) is 11.5 Å². The number of fused-ring (bicyclic) bond motifs is 3. The summed E-state index contributed by atoms with van der Waals surface area (Å²) in [5.74, 6) is 0.850. The lowest BCUT2D eigenvalue weighted by Crippen LogP contribution is -2.55. The average Bonchev–Trinajstić information content (AvgIpc) is 3.21. The molecule has 2 atom stereocenters. The molecule has 0 amide bonds. The number of esters is 2.